The van der Waals surface area contributed by atoms with Crippen molar-refractivity contribution in [2.75, 3.05) is 0 Å². The van der Waals surface area contributed by atoms with Gasteiger partial charge in [-0.25, -0.2) is 0 Å². The average molecular weight is 277 g/mol. The molecule has 4 atom stereocenters. The molecule has 0 spiro atoms. The number of fused-ring (bicyclic) bond motifs is 1. The summed E-state index contributed by atoms with van der Waals surface area (Å²) in [6, 6.07) is 0.324. The van der Waals surface area contributed by atoms with Crippen LogP contribution in [0.3, 0.4) is 0 Å². The summed E-state index contributed by atoms with van der Waals surface area (Å²) in [6.45, 7) is 5.15. The molecular weight excluding hydrogens is 254 g/mol. The number of aryl methyl sites for hydroxylation is 2. The van der Waals surface area contributed by atoms with Crippen molar-refractivity contribution in [3.63, 3.8) is 0 Å². The molecule has 6 heteroatoms. The fraction of sp³-hybridized carbons (Fsp3) is 0.786. The molecule has 2 saturated carbocycles. The van der Waals surface area contributed by atoms with E-state index in [2.05, 4.69) is 15.5 Å². The summed E-state index contributed by atoms with van der Waals surface area (Å²) >= 11 is 0. The Morgan fingerprint density at radius 2 is 2.20 bits per heavy atom. The lowest BCUT2D eigenvalue weighted by Crippen LogP contribution is -2.44. The first kappa shape index (κ1) is 13.5. The molecule has 1 aromatic rings. The predicted molar refractivity (Wildman–Crippen MR) is 74.6 cm³/mol. The van der Waals surface area contributed by atoms with Crippen molar-refractivity contribution in [3.05, 3.63) is 11.4 Å². The van der Waals surface area contributed by atoms with Gasteiger partial charge in [0, 0.05) is 12.0 Å². The van der Waals surface area contributed by atoms with Gasteiger partial charge in [0.05, 0.1) is 18.8 Å². The summed E-state index contributed by atoms with van der Waals surface area (Å²) in [5.74, 6) is 1.55. The molecular formula is C14H23N5O. The standard InChI is InChI=1S/C14H23N5O/c1-3-19-17-8(2)13(18-19)7-16-14(20)10-4-9-6-12(15)11(9)5-10/h9-12H,3-7,15H2,1-2H3,(H,16,20)/t9-,10?,11-,12+/m1/s1. The molecule has 0 bridgehead atoms. The molecule has 20 heavy (non-hydrogen) atoms. The van der Waals surface area contributed by atoms with Crippen molar-refractivity contribution in [1.29, 1.82) is 0 Å². The van der Waals surface area contributed by atoms with Gasteiger partial charge in [-0.05, 0) is 44.9 Å². The second-order valence-corrected chi connectivity index (χ2v) is 6.13. The highest BCUT2D eigenvalue weighted by Crippen LogP contribution is 2.48. The smallest absolute Gasteiger partial charge is 0.223 e. The Bertz CT molecular complexity index is 512. The molecule has 1 unspecified atom stereocenters. The number of hydrogen-bond acceptors (Lipinski definition) is 4. The van der Waals surface area contributed by atoms with Crippen LogP contribution in [-0.4, -0.2) is 26.9 Å². The van der Waals surface area contributed by atoms with Crippen LogP contribution in [0, 0.1) is 24.7 Å². The van der Waals surface area contributed by atoms with Crippen LogP contribution in [0.25, 0.3) is 0 Å². The summed E-state index contributed by atoms with van der Waals surface area (Å²) in [4.78, 5) is 13.9. The molecule has 6 nitrogen and oxygen atoms in total. The highest BCUT2D eigenvalue weighted by atomic mass is 16.1. The average Bonchev–Trinajstić information content (AvgIpc) is 2.96. The zero-order valence-corrected chi connectivity index (χ0v) is 12.2. The Morgan fingerprint density at radius 3 is 2.80 bits per heavy atom. The number of aromatic nitrogens is 3. The Hall–Kier alpha value is -1.43. The molecule has 2 aliphatic carbocycles. The van der Waals surface area contributed by atoms with E-state index in [0.29, 0.717) is 24.4 Å². The third-order valence-corrected chi connectivity index (χ3v) is 4.88. The van der Waals surface area contributed by atoms with Crippen molar-refractivity contribution >= 4 is 5.91 Å². The van der Waals surface area contributed by atoms with Gasteiger partial charge < -0.3 is 11.1 Å². The second-order valence-electron chi connectivity index (χ2n) is 6.13. The van der Waals surface area contributed by atoms with Gasteiger partial charge >= 0.3 is 0 Å². The maximum atomic E-state index is 12.2. The molecule has 2 aliphatic rings. The zero-order chi connectivity index (χ0) is 14.3. The molecule has 0 aromatic carbocycles. The highest BCUT2D eigenvalue weighted by molar-refractivity contribution is 5.79. The topological polar surface area (TPSA) is 85.8 Å². The van der Waals surface area contributed by atoms with Crippen molar-refractivity contribution in [3.8, 4) is 0 Å². The van der Waals surface area contributed by atoms with E-state index in [-0.39, 0.29) is 11.8 Å². The lowest BCUT2D eigenvalue weighted by Gasteiger charge is -2.37. The van der Waals surface area contributed by atoms with Crippen LogP contribution in [0.4, 0.5) is 0 Å². The number of nitrogens with zero attached hydrogens (tertiary/aromatic N) is 3. The number of carbonyl (C=O) groups excluding carboxylic acids is 1. The van der Waals surface area contributed by atoms with Gasteiger partial charge in [-0.3, -0.25) is 4.79 Å². The van der Waals surface area contributed by atoms with Gasteiger partial charge in [0.2, 0.25) is 5.91 Å². The molecule has 3 rings (SSSR count). The van der Waals surface area contributed by atoms with Crippen LogP contribution in [0.5, 0.6) is 0 Å². The van der Waals surface area contributed by atoms with E-state index in [1.165, 1.54) is 0 Å². The molecule has 0 radical (unpaired) electrons. The lowest BCUT2D eigenvalue weighted by molar-refractivity contribution is -0.125. The Morgan fingerprint density at radius 1 is 1.40 bits per heavy atom. The van der Waals surface area contributed by atoms with Crippen molar-refractivity contribution < 1.29 is 4.79 Å². The van der Waals surface area contributed by atoms with Crippen molar-refractivity contribution in [2.24, 2.45) is 23.5 Å². The van der Waals surface area contributed by atoms with Gasteiger partial charge in [-0.1, -0.05) is 0 Å². The summed E-state index contributed by atoms with van der Waals surface area (Å²) < 4.78 is 0. The van der Waals surface area contributed by atoms with E-state index >= 15 is 0 Å². The molecule has 3 N–H and O–H groups in total. The van der Waals surface area contributed by atoms with Crippen LogP contribution >= 0.6 is 0 Å². The molecule has 0 saturated heterocycles. The molecule has 1 heterocycles. The van der Waals surface area contributed by atoms with Crippen LogP contribution in [0.1, 0.15) is 37.6 Å². The van der Waals surface area contributed by atoms with Gasteiger partial charge in [-0.2, -0.15) is 15.0 Å². The number of nitrogens with two attached hydrogens (primary N) is 1. The van der Waals surface area contributed by atoms with Gasteiger partial charge in [-0.15, -0.1) is 0 Å². The maximum Gasteiger partial charge on any atom is 0.223 e. The van der Waals surface area contributed by atoms with E-state index in [0.717, 1.165) is 37.2 Å². The van der Waals surface area contributed by atoms with Crippen LogP contribution < -0.4 is 11.1 Å². The van der Waals surface area contributed by atoms with Crippen LogP contribution in [0.15, 0.2) is 0 Å². The third kappa shape index (κ3) is 2.32. The number of hydrogen-bond donors (Lipinski definition) is 2. The monoisotopic (exact) mass is 277 g/mol. The highest BCUT2D eigenvalue weighted by Gasteiger charge is 2.47. The third-order valence-electron chi connectivity index (χ3n) is 4.88. The Kier molecular flexibility index (Phi) is 3.50. The van der Waals surface area contributed by atoms with E-state index < -0.39 is 0 Å². The van der Waals surface area contributed by atoms with E-state index in [1.54, 1.807) is 4.80 Å². The summed E-state index contributed by atoms with van der Waals surface area (Å²) in [5.41, 5.74) is 7.72. The van der Waals surface area contributed by atoms with Crippen LogP contribution in [0.2, 0.25) is 0 Å². The minimum atomic E-state index is 0.139. The van der Waals surface area contributed by atoms with Gasteiger partial charge in [0.25, 0.3) is 0 Å². The molecule has 1 aromatic heterocycles. The van der Waals surface area contributed by atoms with E-state index in [1.807, 2.05) is 13.8 Å². The molecule has 0 aliphatic heterocycles. The molecule has 2 fully saturated rings. The number of carbonyl (C=O) groups is 1. The van der Waals surface area contributed by atoms with E-state index in [4.69, 9.17) is 5.73 Å². The lowest BCUT2D eigenvalue weighted by atomic mass is 9.72. The van der Waals surface area contributed by atoms with Crippen molar-refractivity contribution in [1.82, 2.24) is 20.3 Å². The first-order valence-electron chi connectivity index (χ1n) is 7.52. The summed E-state index contributed by atoms with van der Waals surface area (Å²) in [5, 5.41) is 11.6. The predicted octanol–water partition coefficient (Wildman–Crippen LogP) is 0.596. The molecule has 1 amide bonds. The van der Waals surface area contributed by atoms with E-state index in [9.17, 15) is 4.79 Å². The normalized spacial score (nSPS) is 31.8. The van der Waals surface area contributed by atoms with Crippen LogP contribution in [-0.2, 0) is 17.9 Å². The quantitative estimate of drug-likeness (QED) is 0.843. The minimum Gasteiger partial charge on any atom is -0.350 e. The second kappa shape index (κ2) is 5.16. The van der Waals surface area contributed by atoms with Gasteiger partial charge in [0.15, 0.2) is 0 Å². The molecule has 110 valence electrons. The number of rotatable bonds is 4. The number of nitrogens with one attached hydrogen (secondary N) is 1. The Balaban J connectivity index is 1.53. The minimum absolute atomic E-state index is 0.139. The number of amides is 1. The maximum absolute atomic E-state index is 12.2. The first-order chi connectivity index (χ1) is 9.58. The fourth-order valence-electron chi connectivity index (χ4n) is 3.58. The first-order valence-corrected chi connectivity index (χ1v) is 7.52. The summed E-state index contributed by atoms with van der Waals surface area (Å²) in [7, 11) is 0. The summed E-state index contributed by atoms with van der Waals surface area (Å²) in [6.07, 6.45) is 3.06. The zero-order valence-electron chi connectivity index (χ0n) is 12.2. The fourth-order valence-corrected chi connectivity index (χ4v) is 3.58. The van der Waals surface area contributed by atoms with Crippen molar-refractivity contribution in [2.45, 2.75) is 52.2 Å². The SMILES string of the molecule is CCn1nc(C)c(CNC(=O)C2C[C@@H]3C[C@H](N)[C@@H]3C2)n1. The largest absolute Gasteiger partial charge is 0.350 e. The Labute approximate surface area is 119 Å². The van der Waals surface area contributed by atoms with Gasteiger partial charge in [0.1, 0.15) is 5.69 Å².